The summed E-state index contributed by atoms with van der Waals surface area (Å²) in [4.78, 5) is 0. The standard InChI is InChI=1S/CH4O4S.Na.H2O/c2-1-6(3,4)5;;/h2H,1H2,(H,3,4,5);;1H2/q;+1;/p-1. The molecule has 0 radical (unpaired) electrons. The van der Waals surface area contributed by atoms with E-state index in [1.54, 1.807) is 0 Å². The first-order chi connectivity index (χ1) is 2.56. The van der Waals surface area contributed by atoms with Gasteiger partial charge < -0.3 is 15.1 Å². The van der Waals surface area contributed by atoms with E-state index < -0.39 is 16.1 Å². The molecule has 0 fully saturated rings. The van der Waals surface area contributed by atoms with Crippen molar-refractivity contribution in [2.24, 2.45) is 0 Å². The molecule has 0 spiro atoms. The molecule has 0 heterocycles. The molecule has 0 aliphatic carbocycles. The summed E-state index contributed by atoms with van der Waals surface area (Å²) in [5, 5.41) is 7.50. The van der Waals surface area contributed by atoms with E-state index in [1.165, 1.54) is 0 Å². The van der Waals surface area contributed by atoms with Crippen molar-refractivity contribution in [3.05, 3.63) is 0 Å². The Balaban J connectivity index is -0.000000125. The van der Waals surface area contributed by atoms with Gasteiger partial charge in [0.25, 0.3) is 0 Å². The monoisotopic (exact) mass is 152 g/mol. The predicted molar refractivity (Wildman–Crippen MR) is 20.4 cm³/mol. The summed E-state index contributed by atoms with van der Waals surface area (Å²) in [6.07, 6.45) is 0. The molecular weight excluding hydrogens is 147 g/mol. The maximum absolute atomic E-state index is 9.19. The van der Waals surface area contributed by atoms with Gasteiger partial charge in [0.15, 0.2) is 0 Å². The van der Waals surface area contributed by atoms with Crippen molar-refractivity contribution >= 4 is 10.1 Å². The van der Waals surface area contributed by atoms with Crippen LogP contribution in [0.3, 0.4) is 0 Å². The summed E-state index contributed by atoms with van der Waals surface area (Å²) >= 11 is 0. The minimum Gasteiger partial charge on any atom is -0.746 e. The van der Waals surface area contributed by atoms with Crippen molar-refractivity contribution in [3.8, 4) is 0 Å². The third-order valence-corrected chi connectivity index (χ3v) is 0.474. The molecule has 0 aromatic carbocycles. The van der Waals surface area contributed by atoms with E-state index in [0.717, 1.165) is 0 Å². The topological polar surface area (TPSA) is 109 Å². The third-order valence-electron chi connectivity index (χ3n) is 0.158. The van der Waals surface area contributed by atoms with E-state index in [2.05, 4.69) is 0 Å². The van der Waals surface area contributed by atoms with Crippen LogP contribution in [-0.2, 0) is 10.1 Å². The summed E-state index contributed by atoms with van der Waals surface area (Å²) in [5.74, 6) is -1.31. The van der Waals surface area contributed by atoms with Crippen LogP contribution >= 0.6 is 0 Å². The molecule has 8 heavy (non-hydrogen) atoms. The van der Waals surface area contributed by atoms with Gasteiger partial charge in [-0.05, 0) is 0 Å². The van der Waals surface area contributed by atoms with Crippen LogP contribution in [0.1, 0.15) is 0 Å². The minimum atomic E-state index is -4.36. The molecule has 0 aromatic heterocycles. The molecule has 0 saturated heterocycles. The normalized spacial score (nSPS) is 8.75. The minimum absolute atomic E-state index is 0. The van der Waals surface area contributed by atoms with Crippen LogP contribution in [-0.4, -0.2) is 29.5 Å². The van der Waals surface area contributed by atoms with E-state index >= 15 is 0 Å². The first kappa shape index (κ1) is 15.9. The van der Waals surface area contributed by atoms with Crippen molar-refractivity contribution in [2.75, 3.05) is 5.94 Å². The van der Waals surface area contributed by atoms with E-state index in [0.29, 0.717) is 0 Å². The molecule has 46 valence electrons. The van der Waals surface area contributed by atoms with E-state index in [4.69, 9.17) is 5.11 Å². The molecule has 0 saturated carbocycles. The molecule has 7 heteroatoms. The molecule has 0 aliphatic heterocycles. The summed E-state index contributed by atoms with van der Waals surface area (Å²) in [7, 11) is -4.36. The molecule has 0 aromatic rings. The zero-order valence-electron chi connectivity index (χ0n) is 4.29. The number of hydrogen-bond donors (Lipinski definition) is 1. The molecule has 0 aliphatic rings. The van der Waals surface area contributed by atoms with Crippen LogP contribution < -0.4 is 29.6 Å². The smallest absolute Gasteiger partial charge is 0.746 e. The van der Waals surface area contributed by atoms with Gasteiger partial charge in [-0.25, -0.2) is 8.42 Å². The van der Waals surface area contributed by atoms with Crippen molar-refractivity contribution in [2.45, 2.75) is 0 Å². The first-order valence-electron chi connectivity index (χ1n) is 1.10. The number of aliphatic hydroxyl groups is 1. The summed E-state index contributed by atoms with van der Waals surface area (Å²) < 4.78 is 27.6. The zero-order chi connectivity index (χ0) is 5.21. The van der Waals surface area contributed by atoms with Gasteiger partial charge in [-0.3, -0.25) is 0 Å². The second kappa shape index (κ2) is 5.96. The summed E-state index contributed by atoms with van der Waals surface area (Å²) in [5.41, 5.74) is 0. The Kier molecular flexibility index (Phi) is 11.9. The van der Waals surface area contributed by atoms with E-state index in [9.17, 15) is 13.0 Å². The van der Waals surface area contributed by atoms with E-state index in [1.807, 2.05) is 0 Å². The Morgan fingerprint density at radius 3 is 1.62 bits per heavy atom. The molecule has 5 nitrogen and oxygen atoms in total. The summed E-state index contributed by atoms with van der Waals surface area (Å²) in [6, 6.07) is 0. The van der Waals surface area contributed by atoms with Crippen LogP contribution in [0.15, 0.2) is 0 Å². The molecule has 0 atom stereocenters. The van der Waals surface area contributed by atoms with Crippen LogP contribution in [0.5, 0.6) is 0 Å². The second-order valence-corrected chi connectivity index (χ2v) is 2.06. The average molecular weight is 152 g/mol. The van der Waals surface area contributed by atoms with Gasteiger partial charge in [0.05, 0.1) is 0 Å². The molecule has 0 bridgehead atoms. The van der Waals surface area contributed by atoms with Gasteiger partial charge in [-0.2, -0.15) is 0 Å². The number of aliphatic hydroxyl groups excluding tert-OH is 1. The van der Waals surface area contributed by atoms with Crippen molar-refractivity contribution < 1.29 is 53.1 Å². The third kappa shape index (κ3) is 15.8. The fourth-order valence-electron chi connectivity index (χ4n) is 0. The van der Waals surface area contributed by atoms with Gasteiger partial charge in [0, 0.05) is 0 Å². The van der Waals surface area contributed by atoms with Gasteiger partial charge in [-0.15, -0.1) is 0 Å². The maximum Gasteiger partial charge on any atom is 1.00 e. The predicted octanol–water partition coefficient (Wildman–Crippen LogP) is -5.34. The van der Waals surface area contributed by atoms with Gasteiger partial charge in [0.2, 0.25) is 0 Å². The molecule has 0 amide bonds. The van der Waals surface area contributed by atoms with Crippen LogP contribution in [0, 0.1) is 0 Å². The fourth-order valence-corrected chi connectivity index (χ4v) is 0. The van der Waals surface area contributed by atoms with Crippen LogP contribution in [0.25, 0.3) is 0 Å². The Labute approximate surface area is 69.1 Å². The van der Waals surface area contributed by atoms with Crippen LogP contribution in [0.4, 0.5) is 0 Å². The molecular formula is CH5NaO5S. The van der Waals surface area contributed by atoms with Gasteiger partial charge in [0.1, 0.15) is 16.1 Å². The van der Waals surface area contributed by atoms with Crippen LogP contribution in [0.2, 0.25) is 0 Å². The second-order valence-electron chi connectivity index (χ2n) is 0.687. The zero-order valence-corrected chi connectivity index (χ0v) is 7.10. The first-order valence-corrected chi connectivity index (χ1v) is 2.68. The van der Waals surface area contributed by atoms with E-state index in [-0.39, 0.29) is 35.0 Å². The Bertz CT molecular complexity index is 114. The van der Waals surface area contributed by atoms with Gasteiger partial charge >= 0.3 is 29.6 Å². The van der Waals surface area contributed by atoms with Crippen molar-refractivity contribution in [1.29, 1.82) is 0 Å². The molecule has 0 unspecified atom stereocenters. The van der Waals surface area contributed by atoms with Crippen molar-refractivity contribution in [3.63, 3.8) is 0 Å². The maximum atomic E-state index is 9.19. The fraction of sp³-hybridized carbons (Fsp3) is 1.00. The van der Waals surface area contributed by atoms with Crippen molar-refractivity contribution in [1.82, 2.24) is 0 Å². The summed E-state index contributed by atoms with van der Waals surface area (Å²) in [6.45, 7) is 0. The average Bonchev–Trinajstić information content (AvgIpc) is 1.35. The van der Waals surface area contributed by atoms with Gasteiger partial charge in [-0.1, -0.05) is 0 Å². The molecule has 3 N–H and O–H groups in total. The largest absolute Gasteiger partial charge is 1.00 e. The number of hydrogen-bond acceptors (Lipinski definition) is 4. The Hall–Kier alpha value is 0.830. The SMILES string of the molecule is O.O=S(=O)([O-])CO.[Na+]. The Morgan fingerprint density at radius 1 is 1.50 bits per heavy atom. The molecule has 0 rings (SSSR count). The Morgan fingerprint density at radius 2 is 1.62 bits per heavy atom. The number of rotatable bonds is 1. The quantitative estimate of drug-likeness (QED) is 0.299.